The van der Waals surface area contributed by atoms with Gasteiger partial charge in [0.15, 0.2) is 0 Å². The van der Waals surface area contributed by atoms with Crippen molar-refractivity contribution in [3.8, 4) is 5.75 Å². The summed E-state index contributed by atoms with van der Waals surface area (Å²) in [7, 11) is 1.59. The normalized spacial score (nSPS) is 22.9. The van der Waals surface area contributed by atoms with Gasteiger partial charge in [-0.1, -0.05) is 75.1 Å². The zero-order chi connectivity index (χ0) is 34.0. The van der Waals surface area contributed by atoms with Crippen LogP contribution in [0.1, 0.15) is 83.8 Å². The first-order chi connectivity index (χ1) is 22.4. The van der Waals surface area contributed by atoms with Crippen molar-refractivity contribution in [1.29, 1.82) is 0 Å². The van der Waals surface area contributed by atoms with Gasteiger partial charge in [0.05, 0.1) is 25.2 Å². The number of carbonyl (C=O) groups is 3. The van der Waals surface area contributed by atoms with Crippen molar-refractivity contribution < 1.29 is 29.0 Å². The Morgan fingerprint density at radius 1 is 0.936 bits per heavy atom. The van der Waals surface area contributed by atoms with Gasteiger partial charge in [-0.25, -0.2) is 4.79 Å². The van der Waals surface area contributed by atoms with Crippen molar-refractivity contribution in [1.82, 2.24) is 16.0 Å². The van der Waals surface area contributed by atoms with Crippen LogP contribution < -0.4 is 20.7 Å². The number of aliphatic hydroxyl groups is 1. The third-order valence-electron chi connectivity index (χ3n) is 9.80. The van der Waals surface area contributed by atoms with Gasteiger partial charge in [0.2, 0.25) is 11.8 Å². The molecule has 2 fully saturated rings. The third-order valence-corrected chi connectivity index (χ3v) is 9.80. The highest BCUT2D eigenvalue weighted by Gasteiger charge is 2.43. The van der Waals surface area contributed by atoms with Crippen LogP contribution in [-0.4, -0.2) is 54.4 Å². The molecule has 0 spiro atoms. The number of methoxy groups -OCH3 is 1. The van der Waals surface area contributed by atoms with Crippen LogP contribution >= 0.6 is 0 Å². The molecule has 2 saturated carbocycles. The van der Waals surface area contributed by atoms with E-state index in [1.807, 2.05) is 63.2 Å². The van der Waals surface area contributed by atoms with Crippen LogP contribution in [0.4, 0.5) is 4.79 Å². The summed E-state index contributed by atoms with van der Waals surface area (Å²) in [5.41, 5.74) is 1.49. The molecule has 9 heteroatoms. The fourth-order valence-electron chi connectivity index (χ4n) is 7.22. The second-order valence-corrected chi connectivity index (χ2v) is 14.7. The van der Waals surface area contributed by atoms with Gasteiger partial charge in [-0.3, -0.25) is 9.59 Å². The summed E-state index contributed by atoms with van der Waals surface area (Å²) in [5.74, 6) is 0.971. The topological polar surface area (TPSA) is 126 Å². The summed E-state index contributed by atoms with van der Waals surface area (Å²) in [6, 6.07) is 16.5. The fraction of sp³-hybridized carbons (Fsp3) is 0.605. The molecule has 9 nitrogen and oxygen atoms in total. The standard InChI is InChI=1S/C38H55N3O6/c1-25(23-39-37(45)47-24-27-15-17-31(46-5)18-16-27)35(43)40-33(19-26-11-7-6-8-12-26)34(42)22-30-20-28-13-9-10-14-29(28)21-32(30)36(44)41-38(2,3)4/h6-8,11-12,15-18,25,28-30,32-34,42H,9-10,13-14,19-24H2,1-5H3,(H,39,45)(H,40,43)(H,41,44)/t25-,28+,29-,30?,32-,33-,34+/m0/s1. The van der Waals surface area contributed by atoms with Crippen LogP contribution in [0.5, 0.6) is 5.75 Å². The Bertz CT molecular complexity index is 1290. The lowest BCUT2D eigenvalue weighted by Crippen LogP contribution is -2.51. The summed E-state index contributed by atoms with van der Waals surface area (Å²) in [6.07, 6.45) is 6.02. The molecule has 0 radical (unpaired) electrons. The molecule has 4 N–H and O–H groups in total. The number of rotatable bonds is 13. The van der Waals surface area contributed by atoms with Crippen LogP contribution in [0.15, 0.2) is 54.6 Å². The quantitative estimate of drug-likeness (QED) is 0.218. The molecule has 258 valence electrons. The van der Waals surface area contributed by atoms with Gasteiger partial charge in [0, 0.05) is 18.0 Å². The first kappa shape index (κ1) is 36.2. The van der Waals surface area contributed by atoms with E-state index >= 15 is 0 Å². The first-order valence-corrected chi connectivity index (χ1v) is 17.3. The summed E-state index contributed by atoms with van der Waals surface area (Å²) >= 11 is 0. The van der Waals surface area contributed by atoms with E-state index in [0.717, 1.165) is 29.7 Å². The minimum atomic E-state index is -0.844. The number of nitrogens with one attached hydrogen (secondary N) is 3. The van der Waals surface area contributed by atoms with E-state index in [1.54, 1.807) is 26.2 Å². The van der Waals surface area contributed by atoms with E-state index in [9.17, 15) is 19.5 Å². The zero-order valence-electron chi connectivity index (χ0n) is 28.8. The van der Waals surface area contributed by atoms with Gasteiger partial charge in [-0.2, -0.15) is 0 Å². The average Bonchev–Trinajstić information content (AvgIpc) is 3.05. The highest BCUT2D eigenvalue weighted by atomic mass is 16.5. The van der Waals surface area contributed by atoms with E-state index in [0.29, 0.717) is 24.7 Å². The molecule has 1 unspecified atom stereocenters. The highest BCUT2D eigenvalue weighted by Crippen LogP contribution is 2.47. The molecule has 4 rings (SSSR count). The number of fused-ring (bicyclic) bond motifs is 1. The molecular weight excluding hydrogens is 594 g/mol. The SMILES string of the molecule is COc1ccc(COC(=O)NC[C@H](C)C(=O)N[C@@H](Cc2ccccc2)[C@H](O)CC2C[C@H]3CCCC[C@H]3C[C@@H]2C(=O)NC(C)(C)C)cc1. The van der Waals surface area contributed by atoms with E-state index in [1.165, 1.54) is 25.7 Å². The fourth-order valence-corrected chi connectivity index (χ4v) is 7.22. The Morgan fingerprint density at radius 2 is 1.60 bits per heavy atom. The third kappa shape index (κ3) is 11.3. The molecule has 0 bridgehead atoms. The summed E-state index contributed by atoms with van der Waals surface area (Å²) in [5, 5.41) is 20.8. The molecule has 2 aromatic rings. The predicted molar refractivity (Wildman–Crippen MR) is 183 cm³/mol. The largest absolute Gasteiger partial charge is 0.497 e. The highest BCUT2D eigenvalue weighted by molar-refractivity contribution is 5.80. The number of amides is 3. The van der Waals surface area contributed by atoms with E-state index in [2.05, 4.69) is 16.0 Å². The van der Waals surface area contributed by atoms with Gasteiger partial charge in [-0.05, 0) is 87.5 Å². The summed E-state index contributed by atoms with van der Waals surface area (Å²) in [4.78, 5) is 39.4. The van der Waals surface area contributed by atoms with Crippen LogP contribution in [0.25, 0.3) is 0 Å². The number of hydrogen-bond acceptors (Lipinski definition) is 6. The lowest BCUT2D eigenvalue weighted by molar-refractivity contribution is -0.132. The molecule has 2 aromatic carbocycles. The molecule has 7 atom stereocenters. The van der Waals surface area contributed by atoms with Crippen LogP contribution in [0.3, 0.4) is 0 Å². The van der Waals surface area contributed by atoms with Crippen molar-refractivity contribution in [3.63, 3.8) is 0 Å². The van der Waals surface area contributed by atoms with Crippen molar-refractivity contribution in [3.05, 3.63) is 65.7 Å². The Labute approximate surface area is 280 Å². The average molecular weight is 650 g/mol. The number of hydrogen-bond donors (Lipinski definition) is 4. The number of benzene rings is 2. The number of ether oxygens (including phenoxy) is 2. The smallest absolute Gasteiger partial charge is 0.407 e. The number of aliphatic hydroxyl groups excluding tert-OH is 1. The monoisotopic (exact) mass is 649 g/mol. The predicted octanol–water partition coefficient (Wildman–Crippen LogP) is 5.78. The minimum absolute atomic E-state index is 0.0291. The molecule has 2 aliphatic rings. The maximum atomic E-state index is 13.6. The molecule has 0 aromatic heterocycles. The second kappa shape index (κ2) is 17.0. The van der Waals surface area contributed by atoms with Gasteiger partial charge >= 0.3 is 6.09 Å². The number of carbonyl (C=O) groups excluding carboxylic acids is 3. The van der Waals surface area contributed by atoms with Crippen LogP contribution in [-0.2, 0) is 27.4 Å². The molecule has 3 amide bonds. The van der Waals surface area contributed by atoms with Crippen LogP contribution in [0.2, 0.25) is 0 Å². The Morgan fingerprint density at radius 3 is 2.23 bits per heavy atom. The molecule has 0 heterocycles. The van der Waals surface area contributed by atoms with Gasteiger partial charge in [0.25, 0.3) is 0 Å². The zero-order valence-corrected chi connectivity index (χ0v) is 28.8. The van der Waals surface area contributed by atoms with Gasteiger partial charge in [0.1, 0.15) is 12.4 Å². The van der Waals surface area contributed by atoms with Crippen LogP contribution in [0, 0.1) is 29.6 Å². The lowest BCUT2D eigenvalue weighted by Gasteiger charge is -2.45. The molecule has 0 aliphatic heterocycles. The molecule has 2 aliphatic carbocycles. The summed E-state index contributed by atoms with van der Waals surface area (Å²) < 4.78 is 10.5. The van der Waals surface area contributed by atoms with Crippen molar-refractivity contribution in [2.75, 3.05) is 13.7 Å². The van der Waals surface area contributed by atoms with E-state index in [4.69, 9.17) is 9.47 Å². The Balaban J connectivity index is 1.38. The van der Waals surface area contributed by atoms with E-state index < -0.39 is 24.2 Å². The maximum Gasteiger partial charge on any atom is 0.407 e. The van der Waals surface area contributed by atoms with Crippen molar-refractivity contribution >= 4 is 17.9 Å². The second-order valence-electron chi connectivity index (χ2n) is 14.7. The number of alkyl carbamates (subject to hydrolysis) is 1. The van der Waals surface area contributed by atoms with Gasteiger partial charge in [-0.15, -0.1) is 0 Å². The first-order valence-electron chi connectivity index (χ1n) is 17.3. The van der Waals surface area contributed by atoms with E-state index in [-0.39, 0.29) is 42.3 Å². The molecule has 47 heavy (non-hydrogen) atoms. The lowest BCUT2D eigenvalue weighted by atomic mass is 9.62. The van der Waals surface area contributed by atoms with Gasteiger partial charge < -0.3 is 30.5 Å². The molecular formula is C38H55N3O6. The maximum absolute atomic E-state index is 13.6. The van der Waals surface area contributed by atoms with Crippen molar-refractivity contribution in [2.45, 2.75) is 103 Å². The summed E-state index contributed by atoms with van der Waals surface area (Å²) in [6.45, 7) is 7.93. The van der Waals surface area contributed by atoms with Crippen molar-refractivity contribution in [2.24, 2.45) is 29.6 Å². The Hall–Kier alpha value is -3.59. The minimum Gasteiger partial charge on any atom is -0.497 e. The Kier molecular flexibility index (Phi) is 13.1. The molecule has 0 saturated heterocycles.